The summed E-state index contributed by atoms with van der Waals surface area (Å²) in [7, 11) is 0. The number of benzene rings is 1. The molecule has 0 aliphatic heterocycles. The van der Waals surface area contributed by atoms with Crippen molar-refractivity contribution in [3.05, 3.63) is 28.3 Å². The van der Waals surface area contributed by atoms with Crippen LogP contribution in [-0.2, 0) is 0 Å². The maximum atomic E-state index is 10.5. The lowest BCUT2D eigenvalue weighted by molar-refractivity contribution is -0.384. The second-order valence-corrected chi connectivity index (χ2v) is 4.31. The molecular weight excluding hydrogens is 222 g/mol. The lowest BCUT2D eigenvalue weighted by Gasteiger charge is -2.13. The molecule has 1 aromatic carbocycles. The van der Waals surface area contributed by atoms with Gasteiger partial charge < -0.3 is 16.2 Å². The number of nitro benzene ring substituents is 1. The maximum Gasteiger partial charge on any atom is 0.271 e. The SMILES string of the molecule is Nc1cc([N+](=O)[O-])ccc1NCC(O)C1CC1. The van der Waals surface area contributed by atoms with Crippen molar-refractivity contribution in [2.75, 3.05) is 17.6 Å². The quantitative estimate of drug-likeness (QED) is 0.407. The molecule has 0 spiro atoms. The molecule has 0 aromatic heterocycles. The van der Waals surface area contributed by atoms with Gasteiger partial charge in [0.2, 0.25) is 0 Å². The fraction of sp³-hybridized carbons (Fsp3) is 0.455. The van der Waals surface area contributed by atoms with Gasteiger partial charge in [0.15, 0.2) is 0 Å². The minimum absolute atomic E-state index is 0.0317. The Balaban J connectivity index is 1.98. The average molecular weight is 237 g/mol. The van der Waals surface area contributed by atoms with Gasteiger partial charge in [-0.25, -0.2) is 0 Å². The van der Waals surface area contributed by atoms with Crippen molar-refractivity contribution in [2.45, 2.75) is 18.9 Å². The molecule has 1 unspecified atom stereocenters. The van der Waals surface area contributed by atoms with Crippen LogP contribution in [0, 0.1) is 16.0 Å². The van der Waals surface area contributed by atoms with E-state index in [1.807, 2.05) is 0 Å². The normalized spacial score (nSPS) is 16.5. The maximum absolute atomic E-state index is 10.5. The van der Waals surface area contributed by atoms with Crippen molar-refractivity contribution in [3.63, 3.8) is 0 Å². The fourth-order valence-electron chi connectivity index (χ4n) is 1.69. The van der Waals surface area contributed by atoms with Crippen LogP contribution in [0.4, 0.5) is 17.1 Å². The van der Waals surface area contributed by atoms with E-state index >= 15 is 0 Å². The minimum atomic E-state index is -0.487. The number of anilines is 2. The van der Waals surface area contributed by atoms with Gasteiger partial charge in [-0.15, -0.1) is 0 Å². The van der Waals surface area contributed by atoms with E-state index in [0.717, 1.165) is 12.8 Å². The number of aliphatic hydroxyl groups is 1. The van der Waals surface area contributed by atoms with Crippen LogP contribution < -0.4 is 11.1 Å². The van der Waals surface area contributed by atoms with E-state index in [9.17, 15) is 15.2 Å². The van der Waals surface area contributed by atoms with E-state index in [-0.39, 0.29) is 11.8 Å². The summed E-state index contributed by atoms with van der Waals surface area (Å²) in [5.41, 5.74) is 6.60. The summed E-state index contributed by atoms with van der Waals surface area (Å²) < 4.78 is 0. The molecule has 0 heterocycles. The van der Waals surface area contributed by atoms with Gasteiger partial charge in [0.1, 0.15) is 0 Å². The van der Waals surface area contributed by atoms with Crippen LogP contribution >= 0.6 is 0 Å². The van der Waals surface area contributed by atoms with Gasteiger partial charge in [-0.05, 0) is 24.8 Å². The van der Waals surface area contributed by atoms with Crippen molar-refractivity contribution < 1.29 is 10.0 Å². The first-order valence-electron chi connectivity index (χ1n) is 5.54. The number of nitrogen functional groups attached to an aromatic ring is 1. The Morgan fingerprint density at radius 2 is 2.29 bits per heavy atom. The number of nitrogens with one attached hydrogen (secondary N) is 1. The van der Waals surface area contributed by atoms with Crippen LogP contribution in [0.1, 0.15) is 12.8 Å². The van der Waals surface area contributed by atoms with Crippen LogP contribution in [-0.4, -0.2) is 22.7 Å². The van der Waals surface area contributed by atoms with Crippen molar-refractivity contribution in [3.8, 4) is 0 Å². The summed E-state index contributed by atoms with van der Waals surface area (Å²) in [5, 5.41) is 23.2. The van der Waals surface area contributed by atoms with Crippen LogP contribution in [0.25, 0.3) is 0 Å². The molecule has 1 fully saturated rings. The third-order valence-electron chi connectivity index (χ3n) is 2.91. The Bertz CT molecular complexity index is 432. The predicted octanol–water partition coefficient (Wildman–Crippen LogP) is 1.36. The molecule has 2 rings (SSSR count). The molecule has 92 valence electrons. The number of hydrogen-bond acceptors (Lipinski definition) is 5. The topological polar surface area (TPSA) is 101 Å². The lowest BCUT2D eigenvalue weighted by Crippen LogP contribution is -2.21. The van der Waals surface area contributed by atoms with Gasteiger partial charge in [-0.1, -0.05) is 0 Å². The first-order chi connectivity index (χ1) is 8.08. The van der Waals surface area contributed by atoms with E-state index in [4.69, 9.17) is 5.73 Å². The highest BCUT2D eigenvalue weighted by Gasteiger charge is 2.29. The molecule has 0 saturated heterocycles. The molecule has 6 heteroatoms. The minimum Gasteiger partial charge on any atom is -0.397 e. The Kier molecular flexibility index (Phi) is 3.14. The molecule has 0 bridgehead atoms. The molecule has 1 aliphatic carbocycles. The van der Waals surface area contributed by atoms with Crippen molar-refractivity contribution >= 4 is 17.1 Å². The predicted molar refractivity (Wildman–Crippen MR) is 64.7 cm³/mol. The van der Waals surface area contributed by atoms with Crippen LogP contribution in [0.2, 0.25) is 0 Å². The third kappa shape index (κ3) is 2.85. The Morgan fingerprint density at radius 1 is 1.59 bits per heavy atom. The standard InChI is InChI=1S/C11H15N3O3/c12-9-5-8(14(16)17)3-4-10(9)13-6-11(15)7-1-2-7/h3-5,7,11,13,15H,1-2,6,12H2. The number of aliphatic hydroxyl groups excluding tert-OH is 1. The van der Waals surface area contributed by atoms with Gasteiger partial charge in [0, 0.05) is 18.7 Å². The number of rotatable bonds is 5. The Morgan fingerprint density at radius 3 is 2.82 bits per heavy atom. The van der Waals surface area contributed by atoms with Gasteiger partial charge >= 0.3 is 0 Å². The molecule has 4 N–H and O–H groups in total. The Labute approximate surface area is 98.6 Å². The van der Waals surface area contributed by atoms with E-state index in [1.54, 1.807) is 6.07 Å². The molecule has 1 atom stereocenters. The first-order valence-corrected chi connectivity index (χ1v) is 5.54. The van der Waals surface area contributed by atoms with E-state index in [1.165, 1.54) is 12.1 Å². The molecule has 6 nitrogen and oxygen atoms in total. The number of nitrogens with two attached hydrogens (primary N) is 1. The lowest BCUT2D eigenvalue weighted by atomic mass is 10.2. The van der Waals surface area contributed by atoms with Crippen molar-refractivity contribution in [2.24, 2.45) is 5.92 Å². The van der Waals surface area contributed by atoms with Crippen molar-refractivity contribution in [1.82, 2.24) is 0 Å². The van der Waals surface area contributed by atoms with Gasteiger partial charge in [-0.2, -0.15) is 0 Å². The zero-order valence-electron chi connectivity index (χ0n) is 9.30. The number of non-ortho nitro benzene ring substituents is 1. The van der Waals surface area contributed by atoms with Crippen LogP contribution in [0.15, 0.2) is 18.2 Å². The zero-order valence-corrected chi connectivity index (χ0v) is 9.30. The average Bonchev–Trinajstić information content (AvgIpc) is 3.10. The second-order valence-electron chi connectivity index (χ2n) is 4.31. The second kappa shape index (κ2) is 4.58. The highest BCUT2D eigenvalue weighted by molar-refractivity contribution is 5.69. The fourth-order valence-corrected chi connectivity index (χ4v) is 1.69. The molecule has 1 saturated carbocycles. The molecular formula is C11H15N3O3. The molecule has 1 aromatic rings. The highest BCUT2D eigenvalue weighted by atomic mass is 16.6. The summed E-state index contributed by atoms with van der Waals surface area (Å²) in [4.78, 5) is 10.0. The zero-order chi connectivity index (χ0) is 12.4. The van der Waals surface area contributed by atoms with Crippen molar-refractivity contribution in [1.29, 1.82) is 0 Å². The molecule has 1 aliphatic rings. The number of nitro groups is 1. The van der Waals surface area contributed by atoms with E-state index in [0.29, 0.717) is 23.8 Å². The Hall–Kier alpha value is -1.82. The molecule has 17 heavy (non-hydrogen) atoms. The summed E-state index contributed by atoms with van der Waals surface area (Å²) in [6.07, 6.45) is 1.77. The largest absolute Gasteiger partial charge is 0.397 e. The number of hydrogen-bond donors (Lipinski definition) is 3. The summed E-state index contributed by atoms with van der Waals surface area (Å²) >= 11 is 0. The van der Waals surface area contributed by atoms with Crippen LogP contribution in [0.3, 0.4) is 0 Å². The smallest absolute Gasteiger partial charge is 0.271 e. The summed E-state index contributed by atoms with van der Waals surface area (Å²) in [5.74, 6) is 0.391. The summed E-state index contributed by atoms with van der Waals surface area (Å²) in [6, 6.07) is 4.27. The van der Waals surface area contributed by atoms with Gasteiger partial charge in [0.05, 0.1) is 22.4 Å². The van der Waals surface area contributed by atoms with E-state index < -0.39 is 4.92 Å². The highest BCUT2D eigenvalue weighted by Crippen LogP contribution is 2.33. The monoisotopic (exact) mass is 237 g/mol. The summed E-state index contributed by atoms with van der Waals surface area (Å²) in [6.45, 7) is 0.423. The molecule has 0 amide bonds. The number of nitrogens with zero attached hydrogens (tertiary/aromatic N) is 1. The van der Waals surface area contributed by atoms with Gasteiger partial charge in [-0.3, -0.25) is 10.1 Å². The molecule has 0 radical (unpaired) electrons. The first kappa shape index (κ1) is 11.7. The van der Waals surface area contributed by atoms with Crippen LogP contribution in [0.5, 0.6) is 0 Å². The van der Waals surface area contributed by atoms with Gasteiger partial charge in [0.25, 0.3) is 5.69 Å². The van der Waals surface area contributed by atoms with E-state index in [2.05, 4.69) is 5.32 Å². The third-order valence-corrected chi connectivity index (χ3v) is 2.91.